The molecule has 170 valence electrons. The van der Waals surface area contributed by atoms with E-state index in [0.29, 0.717) is 17.8 Å². The number of carbonyl (C=O) groups excluding carboxylic acids is 2. The SMILES string of the molecule is Cc1ccccc1NC(=O)Nc1ccc(N2CCCCC2)c(C(=O)NCc2ccccc2)c1. The molecule has 4 rings (SSSR count). The van der Waals surface area contributed by atoms with Crippen LogP contribution in [0.2, 0.25) is 0 Å². The van der Waals surface area contributed by atoms with Crippen molar-refractivity contribution in [2.24, 2.45) is 0 Å². The molecule has 3 aromatic carbocycles. The third kappa shape index (κ3) is 5.92. The summed E-state index contributed by atoms with van der Waals surface area (Å²) in [6.07, 6.45) is 3.44. The van der Waals surface area contributed by atoms with E-state index < -0.39 is 0 Å². The highest BCUT2D eigenvalue weighted by molar-refractivity contribution is 6.04. The van der Waals surface area contributed by atoms with E-state index in [0.717, 1.165) is 48.4 Å². The van der Waals surface area contributed by atoms with E-state index in [4.69, 9.17) is 0 Å². The van der Waals surface area contributed by atoms with Gasteiger partial charge >= 0.3 is 6.03 Å². The van der Waals surface area contributed by atoms with Crippen LogP contribution in [0.5, 0.6) is 0 Å². The number of para-hydroxylation sites is 1. The van der Waals surface area contributed by atoms with Gasteiger partial charge in [-0.3, -0.25) is 4.79 Å². The molecule has 1 fully saturated rings. The van der Waals surface area contributed by atoms with Crippen molar-refractivity contribution in [3.8, 4) is 0 Å². The zero-order valence-corrected chi connectivity index (χ0v) is 18.9. The van der Waals surface area contributed by atoms with Gasteiger partial charge in [-0.15, -0.1) is 0 Å². The van der Waals surface area contributed by atoms with E-state index >= 15 is 0 Å². The number of carbonyl (C=O) groups is 2. The third-order valence-electron chi connectivity index (χ3n) is 5.88. The van der Waals surface area contributed by atoms with Crippen molar-refractivity contribution in [1.29, 1.82) is 0 Å². The van der Waals surface area contributed by atoms with E-state index in [1.807, 2.05) is 73.7 Å². The standard InChI is InChI=1S/C27H30N4O2/c1-20-10-6-7-13-24(20)30-27(33)29-22-14-15-25(31-16-8-3-9-17-31)23(18-22)26(32)28-19-21-11-4-2-5-12-21/h2,4-7,10-15,18H,3,8-9,16-17,19H2,1H3,(H,28,32)(H2,29,30,33). The molecule has 6 heteroatoms. The average Bonchev–Trinajstić information content (AvgIpc) is 2.85. The van der Waals surface area contributed by atoms with Gasteiger partial charge in [-0.25, -0.2) is 4.79 Å². The number of nitrogens with zero attached hydrogens (tertiary/aromatic N) is 1. The second kappa shape index (κ2) is 10.7. The summed E-state index contributed by atoms with van der Waals surface area (Å²) < 4.78 is 0. The summed E-state index contributed by atoms with van der Waals surface area (Å²) >= 11 is 0. The molecule has 3 N–H and O–H groups in total. The lowest BCUT2D eigenvalue weighted by Gasteiger charge is -2.30. The smallest absolute Gasteiger partial charge is 0.323 e. The Morgan fingerprint density at radius 1 is 0.848 bits per heavy atom. The highest BCUT2D eigenvalue weighted by atomic mass is 16.2. The monoisotopic (exact) mass is 442 g/mol. The first kappa shape index (κ1) is 22.4. The van der Waals surface area contributed by atoms with E-state index in [1.165, 1.54) is 6.42 Å². The maximum absolute atomic E-state index is 13.2. The van der Waals surface area contributed by atoms with Crippen molar-refractivity contribution in [3.63, 3.8) is 0 Å². The van der Waals surface area contributed by atoms with Crippen LogP contribution in [-0.2, 0) is 6.54 Å². The third-order valence-corrected chi connectivity index (χ3v) is 5.88. The molecule has 0 saturated carbocycles. The maximum atomic E-state index is 13.2. The van der Waals surface area contributed by atoms with E-state index in [9.17, 15) is 9.59 Å². The van der Waals surface area contributed by atoms with Gasteiger partial charge in [0, 0.05) is 36.7 Å². The first-order chi connectivity index (χ1) is 16.1. The van der Waals surface area contributed by atoms with Crippen LogP contribution in [0.4, 0.5) is 21.9 Å². The van der Waals surface area contributed by atoms with Gasteiger partial charge in [0.25, 0.3) is 5.91 Å². The molecule has 3 aromatic rings. The number of hydrogen-bond donors (Lipinski definition) is 3. The van der Waals surface area contributed by atoms with Crippen molar-refractivity contribution < 1.29 is 9.59 Å². The Labute approximate surface area is 195 Å². The Morgan fingerprint density at radius 3 is 2.33 bits per heavy atom. The number of piperidine rings is 1. The summed E-state index contributed by atoms with van der Waals surface area (Å²) in [7, 11) is 0. The Bertz CT molecular complexity index is 1110. The summed E-state index contributed by atoms with van der Waals surface area (Å²) in [4.78, 5) is 28.0. The Morgan fingerprint density at radius 2 is 1.58 bits per heavy atom. The lowest BCUT2D eigenvalue weighted by atomic mass is 10.1. The summed E-state index contributed by atoms with van der Waals surface area (Å²) in [6.45, 7) is 4.25. The molecule has 0 atom stereocenters. The second-order valence-corrected chi connectivity index (χ2v) is 8.34. The number of aryl methyl sites for hydroxylation is 1. The molecule has 0 bridgehead atoms. The van der Waals surface area contributed by atoms with Gasteiger partial charge in [0.1, 0.15) is 0 Å². The Hall–Kier alpha value is -3.80. The molecule has 6 nitrogen and oxygen atoms in total. The number of nitrogens with one attached hydrogen (secondary N) is 3. The predicted octanol–water partition coefficient (Wildman–Crippen LogP) is 5.56. The van der Waals surface area contributed by atoms with E-state index in [2.05, 4.69) is 20.9 Å². The van der Waals surface area contributed by atoms with Crippen LogP contribution in [0.3, 0.4) is 0 Å². The fraction of sp³-hybridized carbons (Fsp3) is 0.259. The minimum absolute atomic E-state index is 0.151. The second-order valence-electron chi connectivity index (χ2n) is 8.34. The van der Waals surface area contributed by atoms with Crippen LogP contribution < -0.4 is 20.9 Å². The maximum Gasteiger partial charge on any atom is 0.323 e. The van der Waals surface area contributed by atoms with Crippen LogP contribution in [0.25, 0.3) is 0 Å². The molecule has 0 aromatic heterocycles. The summed E-state index contributed by atoms with van der Waals surface area (Å²) in [5.41, 5.74) is 4.82. The molecule has 3 amide bonds. The zero-order valence-electron chi connectivity index (χ0n) is 18.9. The Kier molecular flexibility index (Phi) is 7.25. The molecule has 33 heavy (non-hydrogen) atoms. The number of benzene rings is 3. The van der Waals surface area contributed by atoms with Crippen molar-refractivity contribution in [1.82, 2.24) is 5.32 Å². The van der Waals surface area contributed by atoms with Crippen LogP contribution in [0.1, 0.15) is 40.7 Å². The van der Waals surface area contributed by atoms with Crippen molar-refractivity contribution in [3.05, 3.63) is 89.5 Å². The van der Waals surface area contributed by atoms with Gasteiger partial charge in [0.2, 0.25) is 0 Å². The fourth-order valence-corrected chi connectivity index (χ4v) is 4.08. The largest absolute Gasteiger partial charge is 0.371 e. The Balaban J connectivity index is 1.52. The zero-order chi connectivity index (χ0) is 23.0. The molecule has 1 aliphatic rings. The summed E-state index contributed by atoms with van der Waals surface area (Å²) in [6, 6.07) is 22.7. The molecular weight excluding hydrogens is 412 g/mol. The number of anilines is 3. The van der Waals surface area contributed by atoms with Gasteiger partial charge in [-0.1, -0.05) is 48.5 Å². The first-order valence-electron chi connectivity index (χ1n) is 11.4. The molecule has 1 aliphatic heterocycles. The summed E-state index contributed by atoms with van der Waals surface area (Å²) in [5.74, 6) is -0.151. The average molecular weight is 443 g/mol. The van der Waals surface area contributed by atoms with Crippen molar-refractivity contribution in [2.45, 2.75) is 32.7 Å². The number of amides is 3. The molecular formula is C27H30N4O2. The molecule has 0 radical (unpaired) electrons. The van der Waals surface area contributed by atoms with Crippen molar-refractivity contribution >= 4 is 29.0 Å². The molecule has 0 unspecified atom stereocenters. The number of rotatable bonds is 6. The number of hydrogen-bond acceptors (Lipinski definition) is 3. The summed E-state index contributed by atoms with van der Waals surface area (Å²) in [5, 5.41) is 8.77. The topological polar surface area (TPSA) is 73.5 Å². The van der Waals surface area contributed by atoms with E-state index in [-0.39, 0.29) is 11.9 Å². The lowest BCUT2D eigenvalue weighted by Crippen LogP contribution is -2.33. The molecule has 1 saturated heterocycles. The van der Waals surface area contributed by atoms with Crippen LogP contribution in [0, 0.1) is 6.92 Å². The van der Waals surface area contributed by atoms with Crippen molar-refractivity contribution in [2.75, 3.05) is 28.6 Å². The normalized spacial score (nSPS) is 13.3. The quantitative estimate of drug-likeness (QED) is 0.468. The van der Waals surface area contributed by atoms with Gasteiger partial charge in [-0.05, 0) is 61.6 Å². The van der Waals surface area contributed by atoms with Gasteiger partial charge in [0.15, 0.2) is 0 Å². The van der Waals surface area contributed by atoms with Crippen LogP contribution in [-0.4, -0.2) is 25.0 Å². The fourth-order valence-electron chi connectivity index (χ4n) is 4.08. The molecule has 0 aliphatic carbocycles. The van der Waals surface area contributed by atoms with E-state index in [1.54, 1.807) is 6.07 Å². The lowest BCUT2D eigenvalue weighted by molar-refractivity contribution is 0.0951. The van der Waals surface area contributed by atoms with Crippen LogP contribution >= 0.6 is 0 Å². The first-order valence-corrected chi connectivity index (χ1v) is 11.4. The highest BCUT2D eigenvalue weighted by Gasteiger charge is 2.20. The van der Waals surface area contributed by atoms with Crippen LogP contribution in [0.15, 0.2) is 72.8 Å². The van der Waals surface area contributed by atoms with Gasteiger partial charge < -0.3 is 20.9 Å². The van der Waals surface area contributed by atoms with Gasteiger partial charge in [-0.2, -0.15) is 0 Å². The minimum atomic E-state index is -0.342. The highest BCUT2D eigenvalue weighted by Crippen LogP contribution is 2.27. The molecule has 0 spiro atoms. The minimum Gasteiger partial charge on any atom is -0.371 e. The van der Waals surface area contributed by atoms with Gasteiger partial charge in [0.05, 0.1) is 5.56 Å². The number of urea groups is 1. The molecule has 1 heterocycles. The predicted molar refractivity (Wildman–Crippen MR) is 134 cm³/mol.